The Kier molecular flexibility index (Phi) is 2.57. The van der Waals surface area contributed by atoms with Crippen LogP contribution in [0.4, 0.5) is 14.5 Å². The molecular weight excluding hydrogens is 252 g/mol. The Morgan fingerprint density at radius 1 is 1.33 bits per heavy atom. The van der Waals surface area contributed by atoms with E-state index in [1.54, 1.807) is 0 Å². The number of hydrogen-bond acceptors (Lipinski definition) is 4. The maximum Gasteiger partial charge on any atom is 0.586 e. The van der Waals surface area contributed by atoms with Crippen molar-refractivity contribution in [2.24, 2.45) is 0 Å². The maximum absolute atomic E-state index is 12.8. The molecule has 1 aliphatic heterocycles. The fourth-order valence-electron chi connectivity index (χ4n) is 1.52. The number of aromatic carboxylic acids is 1. The summed E-state index contributed by atoms with van der Waals surface area (Å²) in [5.74, 6) is -3.06. The van der Waals surface area contributed by atoms with Crippen molar-refractivity contribution in [3.8, 4) is 11.5 Å². The second kappa shape index (κ2) is 3.83. The number of halogens is 2. The minimum atomic E-state index is -3.92. The van der Waals surface area contributed by atoms with Crippen LogP contribution in [0.25, 0.3) is 0 Å². The lowest BCUT2D eigenvalue weighted by molar-refractivity contribution is -0.286. The summed E-state index contributed by atoms with van der Waals surface area (Å²) in [4.78, 5) is 21.9. The zero-order chi connectivity index (χ0) is 13.5. The van der Waals surface area contributed by atoms with Gasteiger partial charge in [-0.2, -0.15) is 0 Å². The molecular formula is C10H7F2NO5. The van der Waals surface area contributed by atoms with Crippen molar-refractivity contribution < 1.29 is 33.0 Å². The van der Waals surface area contributed by atoms with Crippen LogP contribution in [0.3, 0.4) is 0 Å². The molecule has 0 fully saturated rings. The third-order valence-electron chi connectivity index (χ3n) is 2.10. The Bertz CT molecular complexity index is 543. The Hall–Kier alpha value is -2.38. The lowest BCUT2D eigenvalue weighted by atomic mass is 10.1. The summed E-state index contributed by atoms with van der Waals surface area (Å²) < 4.78 is 33.9. The highest BCUT2D eigenvalue weighted by Crippen LogP contribution is 2.45. The van der Waals surface area contributed by atoms with Gasteiger partial charge in [-0.25, -0.2) is 4.79 Å². The summed E-state index contributed by atoms with van der Waals surface area (Å²) in [5.41, 5.74) is -0.727. The number of carboxylic acid groups (broad SMARTS) is 1. The molecule has 0 saturated carbocycles. The zero-order valence-electron chi connectivity index (χ0n) is 8.99. The Balaban J connectivity index is 2.55. The highest BCUT2D eigenvalue weighted by Gasteiger charge is 2.46. The van der Waals surface area contributed by atoms with Crippen LogP contribution >= 0.6 is 0 Å². The van der Waals surface area contributed by atoms with Crippen molar-refractivity contribution in [3.05, 3.63) is 17.7 Å². The minimum Gasteiger partial charge on any atom is -0.477 e. The topological polar surface area (TPSA) is 84.9 Å². The number of nitrogens with one attached hydrogen (secondary N) is 1. The van der Waals surface area contributed by atoms with E-state index in [1.807, 2.05) is 0 Å². The van der Waals surface area contributed by atoms with Crippen LogP contribution in [-0.2, 0) is 4.79 Å². The number of carbonyl (C=O) groups is 2. The van der Waals surface area contributed by atoms with E-state index < -0.39 is 35.2 Å². The minimum absolute atomic E-state index is 0.143. The molecule has 1 aromatic rings. The largest absolute Gasteiger partial charge is 0.586 e. The molecule has 96 valence electrons. The monoisotopic (exact) mass is 259 g/mol. The summed E-state index contributed by atoms with van der Waals surface area (Å²) in [6, 6.07) is 2.24. The van der Waals surface area contributed by atoms with Crippen molar-refractivity contribution in [2.75, 3.05) is 5.32 Å². The smallest absolute Gasteiger partial charge is 0.477 e. The summed E-state index contributed by atoms with van der Waals surface area (Å²) >= 11 is 0. The highest BCUT2D eigenvalue weighted by atomic mass is 19.3. The molecule has 1 aliphatic rings. The molecule has 8 heteroatoms. The highest BCUT2D eigenvalue weighted by molar-refractivity contribution is 6.03. The second-order valence-corrected chi connectivity index (χ2v) is 3.47. The van der Waals surface area contributed by atoms with E-state index in [4.69, 9.17) is 5.11 Å². The van der Waals surface area contributed by atoms with Crippen molar-refractivity contribution in [1.82, 2.24) is 0 Å². The fourth-order valence-corrected chi connectivity index (χ4v) is 1.52. The summed E-state index contributed by atoms with van der Waals surface area (Å²) in [6.07, 6.45) is -3.92. The van der Waals surface area contributed by atoms with E-state index >= 15 is 0 Å². The summed E-state index contributed by atoms with van der Waals surface area (Å²) in [6.45, 7) is 1.16. The van der Waals surface area contributed by atoms with E-state index in [2.05, 4.69) is 14.8 Å². The fraction of sp³-hybridized carbons (Fsp3) is 0.200. The molecule has 1 heterocycles. The standard InChI is InChI=1S/C10H7F2NO5/c1-4(14)13-5-2-3-6-8(7(5)9(15)16)18-10(11,12)17-6/h2-3H,1H3,(H,13,14)(H,15,16). The number of amides is 1. The Labute approximate surface area is 99.1 Å². The lowest BCUT2D eigenvalue weighted by Gasteiger charge is -2.08. The zero-order valence-corrected chi connectivity index (χ0v) is 8.99. The van der Waals surface area contributed by atoms with Gasteiger partial charge in [-0.05, 0) is 12.1 Å². The van der Waals surface area contributed by atoms with Gasteiger partial charge >= 0.3 is 12.3 Å². The van der Waals surface area contributed by atoms with Gasteiger partial charge in [0.25, 0.3) is 0 Å². The van der Waals surface area contributed by atoms with Gasteiger partial charge in [-0.15, -0.1) is 8.78 Å². The van der Waals surface area contributed by atoms with Crippen molar-refractivity contribution >= 4 is 17.6 Å². The molecule has 0 bridgehead atoms. The van der Waals surface area contributed by atoms with Gasteiger partial charge in [0.1, 0.15) is 5.56 Å². The van der Waals surface area contributed by atoms with Crippen molar-refractivity contribution in [2.45, 2.75) is 13.2 Å². The molecule has 6 nitrogen and oxygen atoms in total. The van der Waals surface area contributed by atoms with Gasteiger partial charge in [0.15, 0.2) is 11.5 Å². The SMILES string of the molecule is CC(=O)Nc1ccc2c(c1C(=O)O)OC(F)(F)O2. The van der Waals surface area contributed by atoms with Gasteiger partial charge < -0.3 is 19.9 Å². The van der Waals surface area contributed by atoms with Crippen LogP contribution in [0.1, 0.15) is 17.3 Å². The van der Waals surface area contributed by atoms with Crippen LogP contribution in [-0.4, -0.2) is 23.3 Å². The number of rotatable bonds is 2. The maximum atomic E-state index is 12.8. The Morgan fingerprint density at radius 2 is 2.00 bits per heavy atom. The number of alkyl halides is 2. The van der Waals surface area contributed by atoms with Crippen LogP contribution in [0.15, 0.2) is 12.1 Å². The number of benzene rings is 1. The van der Waals surface area contributed by atoms with Crippen LogP contribution < -0.4 is 14.8 Å². The summed E-state index contributed by atoms with van der Waals surface area (Å²) in [5, 5.41) is 11.2. The number of fused-ring (bicyclic) bond motifs is 1. The summed E-state index contributed by atoms with van der Waals surface area (Å²) in [7, 11) is 0. The van der Waals surface area contributed by atoms with E-state index in [9.17, 15) is 18.4 Å². The molecule has 0 radical (unpaired) electrons. The normalized spacial score (nSPS) is 15.3. The van der Waals surface area contributed by atoms with Crippen molar-refractivity contribution in [3.63, 3.8) is 0 Å². The second-order valence-electron chi connectivity index (χ2n) is 3.47. The molecule has 0 atom stereocenters. The molecule has 0 saturated heterocycles. The van der Waals surface area contributed by atoms with E-state index in [-0.39, 0.29) is 5.69 Å². The number of carbonyl (C=O) groups excluding carboxylic acids is 1. The molecule has 0 unspecified atom stereocenters. The van der Waals surface area contributed by atoms with Crippen LogP contribution in [0.5, 0.6) is 11.5 Å². The lowest BCUT2D eigenvalue weighted by Crippen LogP contribution is -2.26. The molecule has 0 spiro atoms. The number of carboxylic acids is 1. The molecule has 18 heavy (non-hydrogen) atoms. The number of ether oxygens (including phenoxy) is 2. The van der Waals surface area contributed by atoms with E-state index in [0.29, 0.717) is 0 Å². The van der Waals surface area contributed by atoms with E-state index in [0.717, 1.165) is 19.1 Å². The van der Waals surface area contributed by atoms with Crippen molar-refractivity contribution in [1.29, 1.82) is 0 Å². The third-order valence-corrected chi connectivity index (χ3v) is 2.10. The van der Waals surface area contributed by atoms with Gasteiger partial charge in [0, 0.05) is 6.92 Å². The third kappa shape index (κ3) is 2.04. The molecule has 1 aromatic carbocycles. The molecule has 2 rings (SSSR count). The predicted octanol–water partition coefficient (Wildman–Crippen LogP) is 1.66. The first-order valence-electron chi connectivity index (χ1n) is 4.74. The quantitative estimate of drug-likeness (QED) is 0.843. The molecule has 2 N–H and O–H groups in total. The average Bonchev–Trinajstić information content (AvgIpc) is 2.50. The van der Waals surface area contributed by atoms with Gasteiger partial charge in [-0.1, -0.05) is 0 Å². The molecule has 1 amide bonds. The van der Waals surface area contributed by atoms with E-state index in [1.165, 1.54) is 0 Å². The van der Waals surface area contributed by atoms with Crippen LogP contribution in [0.2, 0.25) is 0 Å². The van der Waals surface area contributed by atoms with Gasteiger partial charge in [0.05, 0.1) is 5.69 Å². The predicted molar refractivity (Wildman–Crippen MR) is 53.9 cm³/mol. The molecule has 0 aliphatic carbocycles. The average molecular weight is 259 g/mol. The first-order valence-corrected chi connectivity index (χ1v) is 4.74. The van der Waals surface area contributed by atoms with Crippen LogP contribution in [0, 0.1) is 0 Å². The number of anilines is 1. The van der Waals surface area contributed by atoms with Gasteiger partial charge in [0.2, 0.25) is 5.91 Å². The van der Waals surface area contributed by atoms with Gasteiger partial charge in [-0.3, -0.25) is 4.79 Å². The first kappa shape index (κ1) is 12.1. The first-order chi connectivity index (χ1) is 8.30. The number of hydrogen-bond donors (Lipinski definition) is 2. The Morgan fingerprint density at radius 3 is 2.56 bits per heavy atom. The molecule has 0 aromatic heterocycles.